The van der Waals surface area contributed by atoms with Crippen LogP contribution in [0.4, 0.5) is 0 Å². The van der Waals surface area contributed by atoms with Crippen molar-refractivity contribution in [2.75, 3.05) is 13.1 Å². The lowest BCUT2D eigenvalue weighted by atomic mass is 9.96. The van der Waals surface area contributed by atoms with E-state index in [1.54, 1.807) is 10.9 Å². The molecule has 17 heavy (non-hydrogen) atoms. The van der Waals surface area contributed by atoms with Crippen LogP contribution in [-0.2, 0) is 7.05 Å². The van der Waals surface area contributed by atoms with Crippen LogP contribution in [0.15, 0.2) is 6.20 Å². The van der Waals surface area contributed by atoms with Crippen molar-refractivity contribution in [3.63, 3.8) is 0 Å². The van der Waals surface area contributed by atoms with Gasteiger partial charge in [0.15, 0.2) is 0 Å². The summed E-state index contributed by atoms with van der Waals surface area (Å²) in [7, 11) is 1.83. The average Bonchev–Trinajstić information content (AvgIpc) is 2.55. The molecule has 1 saturated heterocycles. The minimum Gasteiger partial charge on any atom is -0.337 e. The van der Waals surface area contributed by atoms with Gasteiger partial charge in [-0.05, 0) is 19.3 Å². The molecule has 2 heterocycles. The van der Waals surface area contributed by atoms with E-state index in [4.69, 9.17) is 5.73 Å². The number of nitrogens with zero attached hydrogens (tertiary/aromatic N) is 3. The van der Waals surface area contributed by atoms with Gasteiger partial charge in [0.2, 0.25) is 0 Å². The van der Waals surface area contributed by atoms with Gasteiger partial charge < -0.3 is 10.6 Å². The minimum atomic E-state index is 0.0533. The smallest absolute Gasteiger partial charge is 0.257 e. The van der Waals surface area contributed by atoms with Crippen LogP contribution in [0.25, 0.3) is 0 Å². The first-order valence-electron chi connectivity index (χ1n) is 6.02. The first kappa shape index (κ1) is 12.1. The Morgan fingerprint density at radius 3 is 2.76 bits per heavy atom. The number of likely N-dealkylation sites (tertiary alicyclic amines) is 1. The third-order valence-corrected chi connectivity index (χ3v) is 3.22. The lowest BCUT2D eigenvalue weighted by Crippen LogP contribution is -2.48. The van der Waals surface area contributed by atoms with Crippen molar-refractivity contribution in [2.45, 2.75) is 26.3 Å². The predicted molar refractivity (Wildman–Crippen MR) is 65.6 cm³/mol. The third kappa shape index (κ3) is 2.49. The highest BCUT2D eigenvalue weighted by Gasteiger charge is 2.27. The van der Waals surface area contributed by atoms with Crippen LogP contribution in [0.2, 0.25) is 0 Å². The fourth-order valence-electron chi connectivity index (χ4n) is 2.55. The maximum Gasteiger partial charge on any atom is 0.257 e. The second-order valence-corrected chi connectivity index (χ2v) is 5.11. The summed E-state index contributed by atoms with van der Waals surface area (Å²) in [5.41, 5.74) is 7.43. The highest BCUT2D eigenvalue weighted by atomic mass is 16.2. The standard InChI is InChI=1S/C12H20N4O/c1-8-4-10(13)6-16(5-8)12(17)11-7-15(3)14-9(11)2/h7-8,10H,4-6,13H2,1-3H3. The zero-order valence-electron chi connectivity index (χ0n) is 10.7. The number of aromatic nitrogens is 2. The van der Waals surface area contributed by atoms with E-state index < -0.39 is 0 Å². The van der Waals surface area contributed by atoms with Gasteiger partial charge in [0.05, 0.1) is 11.3 Å². The molecule has 2 atom stereocenters. The summed E-state index contributed by atoms with van der Waals surface area (Å²) < 4.78 is 1.68. The van der Waals surface area contributed by atoms with Crippen LogP contribution >= 0.6 is 0 Å². The quantitative estimate of drug-likeness (QED) is 0.774. The van der Waals surface area contributed by atoms with E-state index >= 15 is 0 Å². The van der Waals surface area contributed by atoms with Crippen molar-refractivity contribution in [3.8, 4) is 0 Å². The van der Waals surface area contributed by atoms with Crippen LogP contribution in [0.3, 0.4) is 0 Å². The number of rotatable bonds is 1. The molecule has 1 aliphatic heterocycles. The Kier molecular flexibility index (Phi) is 3.19. The fraction of sp³-hybridized carbons (Fsp3) is 0.667. The summed E-state index contributed by atoms with van der Waals surface area (Å²) in [6.45, 7) is 5.44. The molecule has 1 aliphatic rings. The largest absolute Gasteiger partial charge is 0.337 e. The van der Waals surface area contributed by atoms with E-state index in [1.165, 1.54) is 0 Å². The van der Waals surface area contributed by atoms with Gasteiger partial charge in [-0.3, -0.25) is 9.48 Å². The van der Waals surface area contributed by atoms with Gasteiger partial charge in [0.25, 0.3) is 5.91 Å². The van der Waals surface area contributed by atoms with Crippen LogP contribution in [0, 0.1) is 12.8 Å². The van der Waals surface area contributed by atoms with E-state index in [-0.39, 0.29) is 11.9 Å². The molecule has 1 aromatic rings. The van der Waals surface area contributed by atoms with E-state index in [0.717, 1.165) is 18.7 Å². The molecule has 5 nitrogen and oxygen atoms in total. The van der Waals surface area contributed by atoms with Crippen molar-refractivity contribution in [2.24, 2.45) is 18.7 Å². The van der Waals surface area contributed by atoms with Gasteiger partial charge in [0, 0.05) is 32.4 Å². The molecule has 0 radical (unpaired) electrons. The number of hydrogen-bond donors (Lipinski definition) is 1. The highest BCUT2D eigenvalue weighted by Crippen LogP contribution is 2.18. The Labute approximate surface area is 102 Å². The first-order valence-corrected chi connectivity index (χ1v) is 6.02. The van der Waals surface area contributed by atoms with Crippen molar-refractivity contribution in [1.82, 2.24) is 14.7 Å². The summed E-state index contributed by atoms with van der Waals surface area (Å²) in [5.74, 6) is 0.525. The van der Waals surface area contributed by atoms with Gasteiger partial charge in [-0.1, -0.05) is 6.92 Å². The summed E-state index contributed by atoms with van der Waals surface area (Å²) in [6.07, 6.45) is 2.78. The zero-order chi connectivity index (χ0) is 12.6. The molecular formula is C12H20N4O. The monoisotopic (exact) mass is 236 g/mol. The van der Waals surface area contributed by atoms with E-state index in [2.05, 4.69) is 12.0 Å². The lowest BCUT2D eigenvalue weighted by molar-refractivity contribution is 0.0660. The van der Waals surface area contributed by atoms with Crippen molar-refractivity contribution in [3.05, 3.63) is 17.5 Å². The summed E-state index contributed by atoms with van der Waals surface area (Å²) in [6, 6.07) is 0.0969. The van der Waals surface area contributed by atoms with Crippen molar-refractivity contribution < 1.29 is 4.79 Å². The number of carbonyl (C=O) groups is 1. The summed E-state index contributed by atoms with van der Waals surface area (Å²) >= 11 is 0. The van der Waals surface area contributed by atoms with Crippen LogP contribution in [0.1, 0.15) is 29.4 Å². The van der Waals surface area contributed by atoms with E-state index in [1.807, 2.05) is 18.9 Å². The average molecular weight is 236 g/mol. The molecule has 0 saturated carbocycles. The van der Waals surface area contributed by atoms with Gasteiger partial charge >= 0.3 is 0 Å². The Morgan fingerprint density at radius 1 is 1.53 bits per heavy atom. The first-order chi connectivity index (χ1) is 7.97. The topological polar surface area (TPSA) is 64.2 Å². The summed E-state index contributed by atoms with van der Waals surface area (Å²) in [4.78, 5) is 14.2. The molecule has 1 aromatic heterocycles. The molecule has 5 heteroatoms. The molecule has 1 fully saturated rings. The van der Waals surface area contributed by atoms with Crippen LogP contribution in [0.5, 0.6) is 0 Å². The highest BCUT2D eigenvalue weighted by molar-refractivity contribution is 5.95. The Bertz CT molecular complexity index is 416. The van der Waals surface area contributed by atoms with Gasteiger partial charge in [-0.25, -0.2) is 0 Å². The Morgan fingerprint density at radius 2 is 2.24 bits per heavy atom. The molecule has 1 amide bonds. The molecule has 0 spiro atoms. The number of piperidine rings is 1. The number of aryl methyl sites for hydroxylation is 2. The number of carbonyl (C=O) groups excluding carboxylic acids is 1. The molecule has 0 aromatic carbocycles. The summed E-state index contributed by atoms with van der Waals surface area (Å²) in [5, 5.41) is 4.20. The number of hydrogen-bond acceptors (Lipinski definition) is 3. The zero-order valence-corrected chi connectivity index (χ0v) is 10.7. The maximum atomic E-state index is 12.3. The molecule has 0 bridgehead atoms. The second-order valence-electron chi connectivity index (χ2n) is 5.11. The minimum absolute atomic E-state index is 0.0533. The Hall–Kier alpha value is -1.36. The normalized spacial score (nSPS) is 25.1. The molecule has 2 rings (SSSR count). The number of nitrogens with two attached hydrogens (primary N) is 1. The maximum absolute atomic E-state index is 12.3. The van der Waals surface area contributed by atoms with Crippen LogP contribution < -0.4 is 5.73 Å². The third-order valence-electron chi connectivity index (χ3n) is 3.22. The molecule has 94 valence electrons. The van der Waals surface area contributed by atoms with Gasteiger partial charge in [0.1, 0.15) is 0 Å². The molecule has 0 aliphatic carbocycles. The fourth-order valence-corrected chi connectivity index (χ4v) is 2.55. The SMILES string of the molecule is Cc1nn(C)cc1C(=O)N1CC(C)CC(N)C1. The van der Waals surface area contributed by atoms with E-state index in [0.29, 0.717) is 18.0 Å². The van der Waals surface area contributed by atoms with Gasteiger partial charge in [-0.15, -0.1) is 0 Å². The van der Waals surface area contributed by atoms with Crippen molar-refractivity contribution >= 4 is 5.91 Å². The lowest BCUT2D eigenvalue weighted by Gasteiger charge is -2.34. The second kappa shape index (κ2) is 4.49. The van der Waals surface area contributed by atoms with Crippen molar-refractivity contribution in [1.29, 1.82) is 0 Å². The molecule has 2 unspecified atom stereocenters. The molecule has 2 N–H and O–H groups in total. The van der Waals surface area contributed by atoms with Gasteiger partial charge in [-0.2, -0.15) is 5.10 Å². The van der Waals surface area contributed by atoms with Crippen LogP contribution in [-0.4, -0.2) is 39.7 Å². The predicted octanol–water partition coefficient (Wildman–Crippen LogP) is 0.538. The van der Waals surface area contributed by atoms with E-state index in [9.17, 15) is 4.79 Å². The molecular weight excluding hydrogens is 216 g/mol. The Balaban J connectivity index is 2.17. The number of amides is 1.